The first-order valence-corrected chi connectivity index (χ1v) is 4.52. The van der Waals surface area contributed by atoms with Crippen LogP contribution in [0.5, 0.6) is 0 Å². The number of carboxylic acids is 1. The number of rotatable bonds is 6. The molecule has 0 saturated carbocycles. The van der Waals surface area contributed by atoms with E-state index in [1.54, 1.807) is 0 Å². The lowest BCUT2D eigenvalue weighted by Crippen LogP contribution is -2.20. The van der Waals surface area contributed by atoms with Gasteiger partial charge in [0, 0.05) is 6.42 Å². The lowest BCUT2D eigenvalue weighted by molar-refractivity contribution is -0.138. The first kappa shape index (κ1) is 11.4. The minimum absolute atomic E-state index is 0.150. The molecule has 3 N–H and O–H groups in total. The maximum Gasteiger partial charge on any atom is 0.303 e. The van der Waals surface area contributed by atoms with Gasteiger partial charge in [0.15, 0.2) is 0 Å². The molecule has 0 rings (SSSR count). The predicted molar refractivity (Wildman–Crippen MR) is 48.9 cm³/mol. The number of nitrogens with two attached hydrogens (primary N) is 1. The highest BCUT2D eigenvalue weighted by Crippen LogP contribution is 2.16. The Hall–Kier alpha value is -0.570. The zero-order chi connectivity index (χ0) is 9.56. The third-order valence-corrected chi connectivity index (χ3v) is 2.23. The molecule has 0 aliphatic rings. The maximum absolute atomic E-state index is 10.4. The van der Waals surface area contributed by atoms with Crippen molar-refractivity contribution >= 4 is 5.97 Å². The van der Waals surface area contributed by atoms with Crippen molar-refractivity contribution in [2.75, 3.05) is 6.54 Å². The summed E-state index contributed by atoms with van der Waals surface area (Å²) in [6.07, 6.45) is 2.23. The summed E-state index contributed by atoms with van der Waals surface area (Å²) in [6, 6.07) is 0. The number of hydrogen-bond donors (Lipinski definition) is 2. The third-order valence-electron chi connectivity index (χ3n) is 2.23. The van der Waals surface area contributed by atoms with Gasteiger partial charge >= 0.3 is 5.97 Å². The molecule has 0 heterocycles. The van der Waals surface area contributed by atoms with Crippen LogP contribution in [0.15, 0.2) is 0 Å². The Kier molecular flexibility index (Phi) is 5.72. The summed E-state index contributed by atoms with van der Waals surface area (Å²) in [5.74, 6) is -0.0101. The van der Waals surface area contributed by atoms with Crippen molar-refractivity contribution in [1.29, 1.82) is 0 Å². The molecule has 3 heteroatoms. The van der Waals surface area contributed by atoms with Gasteiger partial charge in [0.2, 0.25) is 0 Å². The second kappa shape index (κ2) is 6.00. The van der Waals surface area contributed by atoms with Gasteiger partial charge in [0.05, 0.1) is 0 Å². The van der Waals surface area contributed by atoms with Gasteiger partial charge in [-0.25, -0.2) is 0 Å². The van der Waals surface area contributed by atoms with Crippen LogP contribution in [0.2, 0.25) is 0 Å². The molecule has 0 aromatic carbocycles. The van der Waals surface area contributed by atoms with Crippen molar-refractivity contribution in [1.82, 2.24) is 0 Å². The molecular weight excluding hydrogens is 154 g/mol. The second-order valence-electron chi connectivity index (χ2n) is 3.45. The molecule has 72 valence electrons. The molecule has 0 amide bonds. The summed E-state index contributed by atoms with van der Waals surface area (Å²) in [5.41, 5.74) is 5.46. The van der Waals surface area contributed by atoms with E-state index in [1.807, 2.05) is 0 Å². The van der Waals surface area contributed by atoms with E-state index in [1.165, 1.54) is 0 Å². The monoisotopic (exact) mass is 173 g/mol. The van der Waals surface area contributed by atoms with Gasteiger partial charge in [0.1, 0.15) is 0 Å². The number of carbonyl (C=O) groups is 1. The van der Waals surface area contributed by atoms with Crippen LogP contribution in [-0.4, -0.2) is 17.6 Å². The van der Waals surface area contributed by atoms with Gasteiger partial charge in [-0.2, -0.15) is 0 Å². The molecule has 0 radical (unpaired) electrons. The molecule has 3 nitrogen and oxygen atoms in total. The summed E-state index contributed by atoms with van der Waals surface area (Å²) in [6.45, 7) is 4.72. The van der Waals surface area contributed by atoms with E-state index < -0.39 is 5.97 Å². The molecule has 1 unspecified atom stereocenters. The summed E-state index contributed by atoms with van der Waals surface area (Å²) in [4.78, 5) is 10.4. The second-order valence-corrected chi connectivity index (χ2v) is 3.45. The summed E-state index contributed by atoms with van der Waals surface area (Å²) in [7, 11) is 0. The van der Waals surface area contributed by atoms with Gasteiger partial charge in [-0.15, -0.1) is 0 Å². The van der Waals surface area contributed by atoms with Crippen LogP contribution in [0, 0.1) is 11.8 Å². The van der Waals surface area contributed by atoms with Crippen molar-refractivity contribution in [3.8, 4) is 0 Å². The zero-order valence-corrected chi connectivity index (χ0v) is 7.92. The largest absolute Gasteiger partial charge is 0.481 e. The van der Waals surface area contributed by atoms with Crippen molar-refractivity contribution in [3.05, 3.63) is 0 Å². The van der Waals surface area contributed by atoms with E-state index in [9.17, 15) is 4.79 Å². The molecule has 0 aromatic rings. The Morgan fingerprint density at radius 3 is 2.50 bits per heavy atom. The maximum atomic E-state index is 10.4. The van der Waals surface area contributed by atoms with Crippen LogP contribution in [-0.2, 0) is 4.79 Å². The quantitative estimate of drug-likeness (QED) is 0.639. The van der Waals surface area contributed by atoms with Crippen LogP contribution in [0.4, 0.5) is 0 Å². The molecule has 12 heavy (non-hydrogen) atoms. The van der Waals surface area contributed by atoms with Gasteiger partial charge < -0.3 is 10.8 Å². The summed E-state index contributed by atoms with van der Waals surface area (Å²) in [5, 5.41) is 8.55. The van der Waals surface area contributed by atoms with Crippen LogP contribution in [0.25, 0.3) is 0 Å². The third kappa shape index (κ3) is 5.13. The minimum Gasteiger partial charge on any atom is -0.481 e. The first-order valence-electron chi connectivity index (χ1n) is 4.52. The Balaban J connectivity index is 3.74. The highest BCUT2D eigenvalue weighted by molar-refractivity contribution is 5.67. The Labute approximate surface area is 74.0 Å². The smallest absolute Gasteiger partial charge is 0.303 e. The normalized spacial score (nSPS) is 15.6. The predicted octanol–water partition coefficient (Wildman–Crippen LogP) is 1.47. The van der Waals surface area contributed by atoms with Crippen molar-refractivity contribution < 1.29 is 9.90 Å². The van der Waals surface area contributed by atoms with E-state index in [-0.39, 0.29) is 12.3 Å². The fraction of sp³-hybridized carbons (Fsp3) is 0.889. The highest BCUT2D eigenvalue weighted by atomic mass is 16.4. The van der Waals surface area contributed by atoms with Crippen molar-refractivity contribution in [2.45, 2.75) is 33.1 Å². The van der Waals surface area contributed by atoms with Crippen LogP contribution >= 0.6 is 0 Å². The zero-order valence-electron chi connectivity index (χ0n) is 7.92. The van der Waals surface area contributed by atoms with Gasteiger partial charge in [0.25, 0.3) is 0 Å². The van der Waals surface area contributed by atoms with E-state index in [2.05, 4.69) is 13.8 Å². The fourth-order valence-electron chi connectivity index (χ4n) is 1.25. The number of hydrogen-bond acceptors (Lipinski definition) is 2. The van der Waals surface area contributed by atoms with Gasteiger partial charge in [-0.3, -0.25) is 4.79 Å². The van der Waals surface area contributed by atoms with Crippen LogP contribution in [0.3, 0.4) is 0 Å². The molecular formula is C9H19NO2. The van der Waals surface area contributed by atoms with Crippen LogP contribution < -0.4 is 5.73 Å². The van der Waals surface area contributed by atoms with Gasteiger partial charge in [-0.1, -0.05) is 20.3 Å². The Bertz CT molecular complexity index is 136. The molecule has 0 fully saturated rings. The van der Waals surface area contributed by atoms with E-state index >= 15 is 0 Å². The van der Waals surface area contributed by atoms with Crippen LogP contribution in [0.1, 0.15) is 33.1 Å². The van der Waals surface area contributed by atoms with Gasteiger partial charge in [-0.05, 0) is 24.8 Å². The molecule has 2 atom stereocenters. The lowest BCUT2D eigenvalue weighted by Gasteiger charge is -2.16. The molecule has 0 aliphatic heterocycles. The van der Waals surface area contributed by atoms with E-state index in [0.29, 0.717) is 12.5 Å². The average Bonchev–Trinajstić information content (AvgIpc) is 2.02. The van der Waals surface area contributed by atoms with Crippen molar-refractivity contribution in [3.63, 3.8) is 0 Å². The number of carboxylic acid groups (broad SMARTS) is 1. The van der Waals surface area contributed by atoms with E-state index in [0.717, 1.165) is 12.8 Å². The molecule has 0 spiro atoms. The number of aliphatic carboxylic acids is 1. The highest BCUT2D eigenvalue weighted by Gasteiger charge is 2.13. The summed E-state index contributed by atoms with van der Waals surface area (Å²) < 4.78 is 0. The lowest BCUT2D eigenvalue weighted by atomic mass is 9.92. The minimum atomic E-state index is -0.742. The molecule has 0 bridgehead atoms. The topological polar surface area (TPSA) is 63.3 Å². The first-order chi connectivity index (χ1) is 5.60. The Morgan fingerprint density at radius 1 is 1.58 bits per heavy atom. The van der Waals surface area contributed by atoms with E-state index in [4.69, 9.17) is 10.8 Å². The SMILES string of the molecule is CC[C@@H](C)CC(CN)CC(=O)O. The average molecular weight is 173 g/mol. The molecule has 0 aromatic heterocycles. The fourth-order valence-corrected chi connectivity index (χ4v) is 1.25. The standard InChI is InChI=1S/C9H19NO2/c1-3-7(2)4-8(6-10)5-9(11)12/h7-8H,3-6,10H2,1-2H3,(H,11,12)/t7-,8?/m1/s1. The van der Waals surface area contributed by atoms with Crippen molar-refractivity contribution in [2.24, 2.45) is 17.6 Å². The Morgan fingerprint density at radius 2 is 2.17 bits per heavy atom. The molecule has 0 saturated heterocycles. The molecule has 0 aliphatic carbocycles. The summed E-state index contributed by atoms with van der Waals surface area (Å²) >= 11 is 0.